The number of para-hydroxylation sites is 1. The van der Waals surface area contributed by atoms with Crippen molar-refractivity contribution < 1.29 is 33.0 Å². The second-order valence-electron chi connectivity index (χ2n) is 11.6. The maximum atomic E-state index is 13.8. The number of rotatable bonds is 10. The van der Waals surface area contributed by atoms with E-state index >= 15 is 0 Å². The van der Waals surface area contributed by atoms with E-state index in [2.05, 4.69) is 23.3 Å². The summed E-state index contributed by atoms with van der Waals surface area (Å²) in [6, 6.07) is 20.7. The fraction of sp³-hybridized carbons (Fsp3) is 0.243. The van der Waals surface area contributed by atoms with Crippen LogP contribution in [0, 0.1) is 18.2 Å². The zero-order chi connectivity index (χ0) is 34.6. The summed E-state index contributed by atoms with van der Waals surface area (Å²) in [7, 11) is 3.11. The lowest BCUT2D eigenvalue weighted by Crippen LogP contribution is -2.34. The first-order valence-corrected chi connectivity index (χ1v) is 16.1. The number of halogens is 1. The number of anilines is 1. The number of benzene rings is 4. The number of oxazole rings is 1. The third kappa shape index (κ3) is 6.62. The summed E-state index contributed by atoms with van der Waals surface area (Å²) < 4.78 is 31.9. The third-order valence-electron chi connectivity index (χ3n) is 8.22. The first-order chi connectivity index (χ1) is 23.2. The van der Waals surface area contributed by atoms with Gasteiger partial charge in [0.05, 0.1) is 31.5 Å². The van der Waals surface area contributed by atoms with Gasteiger partial charge in [0.15, 0.2) is 5.58 Å². The maximum absolute atomic E-state index is 13.8. The van der Waals surface area contributed by atoms with Crippen LogP contribution in [-0.4, -0.2) is 61.3 Å². The SMILES string of the molecule is CNC(=O)c1c(-c2ccc(F)cc2)oc2cc(NCC(C)(CO)CO)c(-c3ccc(OC)c(-c4nc5c(C)cccc5o4)c3)cc12.CS. The van der Waals surface area contributed by atoms with Crippen molar-refractivity contribution >= 4 is 46.3 Å². The second-order valence-corrected chi connectivity index (χ2v) is 11.6. The number of carbonyl (C=O) groups excluding carboxylic acids is 1. The summed E-state index contributed by atoms with van der Waals surface area (Å²) in [5, 5.41) is 26.6. The smallest absolute Gasteiger partial charge is 0.255 e. The van der Waals surface area contributed by atoms with Crippen molar-refractivity contribution in [3.05, 3.63) is 89.7 Å². The van der Waals surface area contributed by atoms with Crippen molar-refractivity contribution in [1.82, 2.24) is 10.3 Å². The molecule has 0 bridgehead atoms. The van der Waals surface area contributed by atoms with Crippen LogP contribution in [0.5, 0.6) is 5.75 Å². The van der Waals surface area contributed by atoms with Crippen molar-refractivity contribution in [3.8, 4) is 39.7 Å². The average Bonchev–Trinajstić information content (AvgIpc) is 3.73. The Morgan fingerprint density at radius 3 is 2.31 bits per heavy atom. The first kappa shape index (κ1) is 34.5. The number of nitrogens with one attached hydrogen (secondary N) is 2. The monoisotopic (exact) mass is 671 g/mol. The van der Waals surface area contributed by atoms with Gasteiger partial charge in [-0.15, -0.1) is 0 Å². The number of aryl methyl sites for hydroxylation is 1. The fourth-order valence-electron chi connectivity index (χ4n) is 5.40. The number of aliphatic hydroxyl groups is 2. The van der Waals surface area contributed by atoms with E-state index in [1.165, 1.54) is 19.2 Å². The number of methoxy groups -OCH3 is 1. The molecule has 0 aliphatic heterocycles. The van der Waals surface area contributed by atoms with Gasteiger partial charge in [0.1, 0.15) is 28.4 Å². The van der Waals surface area contributed by atoms with Gasteiger partial charge in [-0.05, 0) is 72.8 Å². The predicted molar refractivity (Wildman–Crippen MR) is 190 cm³/mol. The number of carbonyl (C=O) groups is 1. The van der Waals surface area contributed by atoms with Gasteiger partial charge >= 0.3 is 0 Å². The van der Waals surface area contributed by atoms with Crippen LogP contribution in [0.15, 0.2) is 81.6 Å². The van der Waals surface area contributed by atoms with E-state index in [1.807, 2.05) is 49.4 Å². The highest BCUT2D eigenvalue weighted by Crippen LogP contribution is 2.42. The summed E-state index contributed by atoms with van der Waals surface area (Å²) >= 11 is 3.53. The molecule has 0 radical (unpaired) electrons. The van der Waals surface area contributed by atoms with Crippen LogP contribution in [0.1, 0.15) is 22.8 Å². The maximum Gasteiger partial charge on any atom is 0.255 e. The molecule has 0 fully saturated rings. The van der Waals surface area contributed by atoms with Gasteiger partial charge in [-0.3, -0.25) is 4.79 Å². The van der Waals surface area contributed by atoms with E-state index < -0.39 is 11.2 Å². The van der Waals surface area contributed by atoms with Gasteiger partial charge in [0.25, 0.3) is 5.91 Å². The van der Waals surface area contributed by atoms with Gasteiger partial charge in [-0.25, -0.2) is 9.37 Å². The molecule has 4 N–H and O–H groups in total. The predicted octanol–water partition coefficient (Wildman–Crippen LogP) is 7.34. The highest BCUT2D eigenvalue weighted by molar-refractivity contribution is 7.79. The number of amides is 1. The number of hydrogen-bond acceptors (Lipinski definition) is 9. The van der Waals surface area contributed by atoms with Gasteiger partial charge in [0.2, 0.25) is 5.89 Å². The third-order valence-corrected chi connectivity index (χ3v) is 8.22. The van der Waals surface area contributed by atoms with E-state index in [0.717, 1.165) is 16.6 Å². The van der Waals surface area contributed by atoms with E-state index in [1.54, 1.807) is 38.5 Å². The molecule has 0 aliphatic carbocycles. The molecule has 11 heteroatoms. The second kappa shape index (κ2) is 14.5. The highest BCUT2D eigenvalue weighted by atomic mass is 32.1. The van der Waals surface area contributed by atoms with Crippen LogP contribution < -0.4 is 15.4 Å². The molecular weight excluding hydrogens is 633 g/mol. The standard InChI is InChI=1S/C36H34FN3O6.CH4S/c1-20-6-5-7-29-32(20)40-35(46-29)26-14-22(10-13-28(26)44-4)24-15-25-30(16-27(24)39-17-36(2,18-41)19-42)45-33(31(25)34(43)38-3)21-8-11-23(37)12-9-21;1-2/h5-16,39,41-42H,17-19H2,1-4H3,(H,38,43);2H,1H3. The number of hydrogen-bond donors (Lipinski definition) is 5. The molecule has 0 unspecified atom stereocenters. The molecule has 6 aromatic rings. The number of furan rings is 1. The Morgan fingerprint density at radius 2 is 1.67 bits per heavy atom. The molecule has 2 aromatic heterocycles. The van der Waals surface area contributed by atoms with E-state index in [0.29, 0.717) is 61.9 Å². The van der Waals surface area contributed by atoms with Crippen molar-refractivity contribution in [2.45, 2.75) is 13.8 Å². The van der Waals surface area contributed by atoms with Gasteiger partial charge in [0, 0.05) is 47.3 Å². The minimum atomic E-state index is -0.816. The van der Waals surface area contributed by atoms with Gasteiger partial charge < -0.3 is 34.4 Å². The molecule has 0 saturated carbocycles. The molecule has 9 nitrogen and oxygen atoms in total. The van der Waals surface area contributed by atoms with Crippen LogP contribution in [0.2, 0.25) is 0 Å². The Balaban J connectivity index is 0.00000221. The Morgan fingerprint density at radius 1 is 0.958 bits per heavy atom. The molecule has 2 heterocycles. The van der Waals surface area contributed by atoms with Crippen LogP contribution in [0.4, 0.5) is 10.1 Å². The molecule has 0 atom stereocenters. The quantitative estimate of drug-likeness (QED) is 0.0957. The van der Waals surface area contributed by atoms with Crippen molar-refractivity contribution in [2.24, 2.45) is 5.41 Å². The first-order valence-electron chi connectivity index (χ1n) is 15.2. The largest absolute Gasteiger partial charge is 0.496 e. The molecule has 0 saturated heterocycles. The van der Waals surface area contributed by atoms with Crippen LogP contribution >= 0.6 is 12.6 Å². The summed E-state index contributed by atoms with van der Waals surface area (Å²) in [6.45, 7) is 3.49. The number of thiol groups is 1. The minimum absolute atomic E-state index is 0.236. The average molecular weight is 672 g/mol. The number of ether oxygens (including phenoxy) is 1. The van der Waals surface area contributed by atoms with Crippen LogP contribution in [-0.2, 0) is 0 Å². The summed E-state index contributed by atoms with van der Waals surface area (Å²) in [5.74, 6) is 0.472. The van der Waals surface area contributed by atoms with E-state index in [9.17, 15) is 19.4 Å². The summed E-state index contributed by atoms with van der Waals surface area (Å²) in [4.78, 5) is 18.1. The fourth-order valence-corrected chi connectivity index (χ4v) is 5.40. The number of nitrogens with zero attached hydrogens (tertiary/aromatic N) is 1. The Labute approximate surface area is 283 Å². The molecule has 250 valence electrons. The lowest BCUT2D eigenvalue weighted by molar-refractivity contribution is 0.0806. The highest BCUT2D eigenvalue weighted by Gasteiger charge is 2.26. The van der Waals surface area contributed by atoms with Gasteiger partial charge in [-0.2, -0.15) is 12.6 Å². The summed E-state index contributed by atoms with van der Waals surface area (Å²) in [5.41, 5.74) is 5.55. The van der Waals surface area contributed by atoms with Crippen LogP contribution in [0.25, 0.3) is 56.0 Å². The molecule has 6 rings (SSSR count). The Kier molecular flexibility index (Phi) is 10.4. The molecule has 1 amide bonds. The number of fused-ring (bicyclic) bond motifs is 2. The zero-order valence-corrected chi connectivity index (χ0v) is 28.2. The topological polar surface area (TPSA) is 130 Å². The molecule has 0 spiro atoms. The van der Waals surface area contributed by atoms with Crippen LogP contribution in [0.3, 0.4) is 0 Å². The zero-order valence-electron chi connectivity index (χ0n) is 27.3. The molecular formula is C37H38FN3O6S. The van der Waals surface area contributed by atoms with Crippen molar-refractivity contribution in [3.63, 3.8) is 0 Å². The minimum Gasteiger partial charge on any atom is -0.496 e. The number of aliphatic hydroxyl groups excluding tert-OH is 2. The van der Waals surface area contributed by atoms with Crippen molar-refractivity contribution in [2.75, 3.05) is 45.5 Å². The number of aromatic nitrogens is 1. The molecule has 48 heavy (non-hydrogen) atoms. The normalized spacial score (nSPS) is 11.4. The summed E-state index contributed by atoms with van der Waals surface area (Å²) in [6.07, 6.45) is 1.69. The Hall–Kier alpha value is -4.84. The lowest BCUT2D eigenvalue weighted by Gasteiger charge is -2.26. The molecule has 0 aliphatic rings. The lowest BCUT2D eigenvalue weighted by atomic mass is 9.92. The van der Waals surface area contributed by atoms with E-state index in [4.69, 9.17) is 18.6 Å². The van der Waals surface area contributed by atoms with Gasteiger partial charge in [-0.1, -0.05) is 25.1 Å². The Bertz CT molecular complexity index is 2070. The van der Waals surface area contributed by atoms with Crippen molar-refractivity contribution in [1.29, 1.82) is 0 Å². The van der Waals surface area contributed by atoms with E-state index in [-0.39, 0.29) is 25.7 Å². The molecule has 4 aromatic carbocycles.